The van der Waals surface area contributed by atoms with E-state index in [0.717, 1.165) is 40.7 Å². The van der Waals surface area contributed by atoms with E-state index in [4.69, 9.17) is 9.72 Å². The maximum absolute atomic E-state index is 11.3. The molecule has 2 aromatic carbocycles. The zero-order valence-electron chi connectivity index (χ0n) is 17.9. The molecule has 2 aromatic heterocycles. The van der Waals surface area contributed by atoms with Crippen LogP contribution in [0.1, 0.15) is 31.2 Å². The molecule has 6 heteroatoms. The average Bonchev–Trinajstić information content (AvgIpc) is 3.20. The number of fused-ring (bicyclic) bond motifs is 1. The fourth-order valence-corrected chi connectivity index (χ4v) is 4.45. The number of H-pyrrole nitrogens is 1. The van der Waals surface area contributed by atoms with Crippen molar-refractivity contribution in [2.24, 2.45) is 5.92 Å². The number of carboxylic acids is 1. The van der Waals surface area contributed by atoms with Gasteiger partial charge in [-0.2, -0.15) is 4.98 Å². The molecule has 2 heterocycles. The van der Waals surface area contributed by atoms with Crippen molar-refractivity contribution in [3.05, 3.63) is 66.2 Å². The number of imidazole rings is 1. The summed E-state index contributed by atoms with van der Waals surface area (Å²) in [6, 6.07) is 21.1. The Kier molecular flexibility index (Phi) is 5.35. The topological polar surface area (TPSA) is 88.1 Å². The molecule has 0 aliphatic heterocycles. The Hall–Kier alpha value is -3.67. The van der Waals surface area contributed by atoms with Crippen LogP contribution < -0.4 is 4.74 Å². The minimum absolute atomic E-state index is 0.142. The van der Waals surface area contributed by atoms with Gasteiger partial charge in [-0.15, -0.1) is 0 Å². The lowest BCUT2D eigenvalue weighted by atomic mass is 9.87. The molecule has 0 saturated heterocycles. The Balaban J connectivity index is 1.38. The molecule has 0 bridgehead atoms. The Morgan fingerprint density at radius 2 is 1.72 bits per heavy atom. The first-order valence-electron chi connectivity index (χ1n) is 11.0. The summed E-state index contributed by atoms with van der Waals surface area (Å²) in [6.07, 6.45) is 2.77. The van der Waals surface area contributed by atoms with Crippen LogP contribution in [0.5, 0.6) is 6.01 Å². The minimum atomic E-state index is -0.747. The number of rotatable bonds is 5. The van der Waals surface area contributed by atoms with Crippen molar-refractivity contribution in [2.45, 2.75) is 38.7 Å². The molecule has 1 fully saturated rings. The third-order valence-corrected chi connectivity index (χ3v) is 6.16. The standard InChI is InChI=1S/C26H25N3O3/c1-16-14-22-24(29-26(27-22)32-21-9-5-8-20(15-21)25(30)31)28-23(16)19-12-10-18(11-13-19)17-6-3-2-4-7-17/h2-4,6-7,10-14,20-21H,5,8-9,15H2,1H3,(H,30,31)(H,27,28,29). The molecular weight excluding hydrogens is 402 g/mol. The van der Waals surface area contributed by atoms with E-state index in [1.165, 1.54) is 5.56 Å². The van der Waals surface area contributed by atoms with Crippen molar-refractivity contribution in [3.8, 4) is 28.4 Å². The third-order valence-electron chi connectivity index (χ3n) is 6.16. The van der Waals surface area contributed by atoms with Crippen LogP contribution in [-0.4, -0.2) is 32.1 Å². The Morgan fingerprint density at radius 3 is 2.47 bits per heavy atom. The van der Waals surface area contributed by atoms with Gasteiger partial charge in [0.2, 0.25) is 0 Å². The number of nitrogens with zero attached hydrogens (tertiary/aromatic N) is 2. The van der Waals surface area contributed by atoms with Gasteiger partial charge in [-0.1, -0.05) is 54.6 Å². The van der Waals surface area contributed by atoms with Crippen LogP contribution in [0.4, 0.5) is 0 Å². The average molecular weight is 428 g/mol. The van der Waals surface area contributed by atoms with Crippen molar-refractivity contribution in [2.75, 3.05) is 0 Å². The Labute approximate surface area is 186 Å². The summed E-state index contributed by atoms with van der Waals surface area (Å²) in [4.78, 5) is 23.8. The van der Waals surface area contributed by atoms with Gasteiger partial charge in [0.25, 0.3) is 6.01 Å². The first kappa shape index (κ1) is 20.2. The van der Waals surface area contributed by atoms with Gasteiger partial charge in [0.15, 0.2) is 5.65 Å². The van der Waals surface area contributed by atoms with Gasteiger partial charge in [0, 0.05) is 5.56 Å². The molecule has 0 amide bonds. The molecule has 1 aliphatic carbocycles. The van der Waals surface area contributed by atoms with Gasteiger partial charge in [-0.05, 0) is 55.4 Å². The van der Waals surface area contributed by atoms with E-state index in [9.17, 15) is 9.90 Å². The molecule has 2 N–H and O–H groups in total. The fraction of sp³-hybridized carbons (Fsp3) is 0.269. The van der Waals surface area contributed by atoms with Gasteiger partial charge in [0.1, 0.15) is 6.10 Å². The van der Waals surface area contributed by atoms with E-state index in [-0.39, 0.29) is 12.0 Å². The van der Waals surface area contributed by atoms with E-state index in [2.05, 4.69) is 46.4 Å². The summed E-state index contributed by atoms with van der Waals surface area (Å²) in [5.41, 5.74) is 6.72. The van der Waals surface area contributed by atoms with E-state index >= 15 is 0 Å². The quantitative estimate of drug-likeness (QED) is 0.431. The zero-order valence-corrected chi connectivity index (χ0v) is 17.9. The van der Waals surface area contributed by atoms with E-state index in [1.807, 2.05) is 31.2 Å². The highest BCUT2D eigenvalue weighted by Crippen LogP contribution is 2.30. The number of aliphatic carboxylic acids is 1. The molecule has 4 aromatic rings. The summed E-state index contributed by atoms with van der Waals surface area (Å²) in [5, 5.41) is 9.30. The predicted molar refractivity (Wildman–Crippen MR) is 124 cm³/mol. The highest BCUT2D eigenvalue weighted by atomic mass is 16.5. The normalized spacial score (nSPS) is 18.5. The summed E-state index contributed by atoms with van der Waals surface area (Å²) in [6.45, 7) is 2.03. The van der Waals surface area contributed by atoms with Gasteiger partial charge >= 0.3 is 5.97 Å². The summed E-state index contributed by atoms with van der Waals surface area (Å²) in [5.74, 6) is -1.09. The summed E-state index contributed by atoms with van der Waals surface area (Å²) in [7, 11) is 0. The van der Waals surface area contributed by atoms with E-state index in [1.54, 1.807) is 0 Å². The van der Waals surface area contributed by atoms with Crippen molar-refractivity contribution < 1.29 is 14.6 Å². The number of carboxylic acid groups (broad SMARTS) is 1. The largest absolute Gasteiger partial charge is 0.481 e. The number of aromatic amines is 1. The molecule has 1 aliphatic rings. The van der Waals surface area contributed by atoms with Crippen LogP contribution in [-0.2, 0) is 4.79 Å². The number of aromatic nitrogens is 3. The molecule has 1 saturated carbocycles. The van der Waals surface area contributed by atoms with Crippen molar-refractivity contribution in [3.63, 3.8) is 0 Å². The van der Waals surface area contributed by atoms with Crippen molar-refractivity contribution >= 4 is 17.1 Å². The van der Waals surface area contributed by atoms with E-state index < -0.39 is 5.97 Å². The molecule has 162 valence electrons. The van der Waals surface area contributed by atoms with Crippen LogP contribution in [0.15, 0.2) is 60.7 Å². The number of benzene rings is 2. The van der Waals surface area contributed by atoms with Crippen LogP contribution in [0.25, 0.3) is 33.5 Å². The molecular formula is C26H25N3O3. The lowest BCUT2D eigenvalue weighted by Gasteiger charge is -2.26. The van der Waals surface area contributed by atoms with Crippen LogP contribution in [0.3, 0.4) is 0 Å². The fourth-order valence-electron chi connectivity index (χ4n) is 4.45. The summed E-state index contributed by atoms with van der Waals surface area (Å²) >= 11 is 0. The Bertz CT molecular complexity index is 1250. The molecule has 2 atom stereocenters. The predicted octanol–water partition coefficient (Wildman–Crippen LogP) is 5.62. The van der Waals surface area contributed by atoms with Gasteiger partial charge in [-0.25, -0.2) is 4.98 Å². The summed E-state index contributed by atoms with van der Waals surface area (Å²) < 4.78 is 6.00. The number of ether oxygens (including phenoxy) is 1. The molecule has 5 rings (SSSR count). The Morgan fingerprint density at radius 1 is 1.00 bits per heavy atom. The third kappa shape index (κ3) is 4.08. The zero-order chi connectivity index (χ0) is 22.1. The highest BCUT2D eigenvalue weighted by Gasteiger charge is 2.28. The van der Waals surface area contributed by atoms with E-state index in [0.29, 0.717) is 24.5 Å². The van der Waals surface area contributed by atoms with Crippen molar-refractivity contribution in [1.82, 2.24) is 15.0 Å². The number of hydrogen-bond donors (Lipinski definition) is 2. The van der Waals surface area contributed by atoms with Gasteiger partial charge in [0.05, 0.1) is 17.1 Å². The van der Waals surface area contributed by atoms with Gasteiger partial charge in [-0.3, -0.25) is 4.79 Å². The molecule has 2 unspecified atom stereocenters. The maximum atomic E-state index is 11.3. The number of nitrogens with one attached hydrogen (secondary N) is 1. The first-order valence-corrected chi connectivity index (χ1v) is 11.0. The van der Waals surface area contributed by atoms with Crippen LogP contribution in [0.2, 0.25) is 0 Å². The number of hydrogen-bond acceptors (Lipinski definition) is 4. The van der Waals surface area contributed by atoms with Crippen LogP contribution in [0, 0.1) is 12.8 Å². The molecule has 6 nitrogen and oxygen atoms in total. The number of pyridine rings is 1. The monoisotopic (exact) mass is 427 g/mol. The number of aryl methyl sites for hydroxylation is 1. The van der Waals surface area contributed by atoms with Crippen molar-refractivity contribution in [1.29, 1.82) is 0 Å². The number of carbonyl (C=O) groups is 1. The van der Waals surface area contributed by atoms with Gasteiger partial charge < -0.3 is 14.8 Å². The molecule has 0 radical (unpaired) electrons. The van der Waals surface area contributed by atoms with Crippen LogP contribution >= 0.6 is 0 Å². The minimum Gasteiger partial charge on any atom is -0.481 e. The second kappa shape index (κ2) is 8.46. The lowest BCUT2D eigenvalue weighted by molar-refractivity contribution is -0.143. The highest BCUT2D eigenvalue weighted by molar-refractivity contribution is 5.79. The second-order valence-electron chi connectivity index (χ2n) is 8.45. The second-order valence-corrected chi connectivity index (χ2v) is 8.45. The molecule has 32 heavy (non-hydrogen) atoms. The maximum Gasteiger partial charge on any atom is 0.306 e. The smallest absolute Gasteiger partial charge is 0.306 e. The SMILES string of the molecule is Cc1cc2[nH]c(OC3CCCC(C(=O)O)C3)nc2nc1-c1ccc(-c2ccccc2)cc1. The molecule has 0 spiro atoms. The first-order chi connectivity index (χ1) is 15.6. The lowest BCUT2D eigenvalue weighted by Crippen LogP contribution is -2.29.